The summed E-state index contributed by atoms with van der Waals surface area (Å²) < 4.78 is 11.4. The standard InChI is InChI=1S/C23H23N5O3/c1-3-18-19(14(2)27-31-18)23(29)28-13-7-6-10-17(28)21-25-26-22(30-21)20-16-9-5-4-8-15(16)11-12-24-20/h4-5,8-9,11-12,17H,3,6-7,10,13H2,1-2H3. The number of piperidine rings is 1. The Bertz CT molecular complexity index is 1240. The smallest absolute Gasteiger partial charge is 0.267 e. The maximum absolute atomic E-state index is 13.4. The Labute approximate surface area is 179 Å². The molecule has 8 nitrogen and oxygen atoms in total. The van der Waals surface area contributed by atoms with Crippen LogP contribution in [0.25, 0.3) is 22.4 Å². The van der Waals surface area contributed by atoms with Crippen LogP contribution in [0.5, 0.6) is 0 Å². The molecule has 4 heterocycles. The van der Waals surface area contributed by atoms with E-state index in [-0.39, 0.29) is 11.9 Å². The number of pyridine rings is 1. The quantitative estimate of drug-likeness (QED) is 0.482. The van der Waals surface area contributed by atoms with Gasteiger partial charge in [-0.25, -0.2) is 0 Å². The minimum absolute atomic E-state index is 0.0941. The first-order chi connectivity index (χ1) is 15.2. The first-order valence-corrected chi connectivity index (χ1v) is 10.6. The first kappa shape index (κ1) is 19.4. The third kappa shape index (κ3) is 3.37. The molecule has 0 N–H and O–H groups in total. The van der Waals surface area contributed by atoms with Gasteiger partial charge in [-0.1, -0.05) is 36.3 Å². The molecule has 31 heavy (non-hydrogen) atoms. The van der Waals surface area contributed by atoms with Crippen LogP contribution in [0.15, 0.2) is 45.5 Å². The van der Waals surface area contributed by atoms with E-state index in [1.807, 2.05) is 42.2 Å². The average Bonchev–Trinajstić information content (AvgIpc) is 3.45. The lowest BCUT2D eigenvalue weighted by atomic mass is 10.00. The van der Waals surface area contributed by atoms with E-state index in [1.165, 1.54) is 0 Å². The maximum atomic E-state index is 13.4. The summed E-state index contributed by atoms with van der Waals surface area (Å²) in [6.07, 6.45) is 5.03. The van der Waals surface area contributed by atoms with Gasteiger partial charge in [0, 0.05) is 24.5 Å². The molecule has 1 amide bonds. The van der Waals surface area contributed by atoms with E-state index in [4.69, 9.17) is 8.94 Å². The number of carbonyl (C=O) groups excluding carboxylic acids is 1. The Morgan fingerprint density at radius 1 is 1.19 bits per heavy atom. The van der Waals surface area contributed by atoms with E-state index in [0.29, 0.717) is 47.5 Å². The largest absolute Gasteiger partial charge is 0.417 e. The highest BCUT2D eigenvalue weighted by Crippen LogP contribution is 2.34. The number of carbonyl (C=O) groups is 1. The van der Waals surface area contributed by atoms with Crippen LogP contribution in [0.4, 0.5) is 0 Å². The Balaban J connectivity index is 1.50. The third-order valence-corrected chi connectivity index (χ3v) is 5.83. The molecule has 0 radical (unpaired) electrons. The molecule has 1 aliphatic rings. The fourth-order valence-electron chi connectivity index (χ4n) is 4.26. The predicted molar refractivity (Wildman–Crippen MR) is 113 cm³/mol. The summed E-state index contributed by atoms with van der Waals surface area (Å²) in [4.78, 5) is 19.7. The zero-order chi connectivity index (χ0) is 21.4. The summed E-state index contributed by atoms with van der Waals surface area (Å²) in [5.74, 6) is 1.31. The van der Waals surface area contributed by atoms with Gasteiger partial charge < -0.3 is 13.8 Å². The maximum Gasteiger partial charge on any atom is 0.267 e. The number of nitrogens with zero attached hydrogens (tertiary/aromatic N) is 5. The molecule has 0 saturated carbocycles. The Hall–Kier alpha value is -3.55. The van der Waals surface area contributed by atoms with Crippen molar-refractivity contribution >= 4 is 16.7 Å². The van der Waals surface area contributed by atoms with Crippen molar-refractivity contribution in [3.63, 3.8) is 0 Å². The van der Waals surface area contributed by atoms with E-state index in [9.17, 15) is 4.79 Å². The summed E-state index contributed by atoms with van der Waals surface area (Å²) in [5, 5.41) is 14.6. The minimum Gasteiger partial charge on any atom is -0.417 e. The molecule has 1 unspecified atom stereocenters. The first-order valence-electron chi connectivity index (χ1n) is 10.6. The van der Waals surface area contributed by atoms with Gasteiger partial charge in [0.25, 0.3) is 11.8 Å². The SMILES string of the molecule is CCc1onc(C)c1C(=O)N1CCCCC1c1nnc(-c2nccc3ccccc23)o1. The van der Waals surface area contributed by atoms with Crippen LogP contribution >= 0.6 is 0 Å². The van der Waals surface area contributed by atoms with Gasteiger partial charge in [-0.3, -0.25) is 9.78 Å². The number of amides is 1. The second-order valence-electron chi connectivity index (χ2n) is 7.76. The van der Waals surface area contributed by atoms with Gasteiger partial charge in [0.05, 0.1) is 5.69 Å². The van der Waals surface area contributed by atoms with Crippen molar-refractivity contribution in [1.29, 1.82) is 0 Å². The molecule has 3 aromatic heterocycles. The summed E-state index contributed by atoms with van der Waals surface area (Å²) in [6, 6.07) is 9.61. The number of fused-ring (bicyclic) bond motifs is 1. The topological polar surface area (TPSA) is 98.2 Å². The molecule has 0 bridgehead atoms. The number of hydrogen-bond acceptors (Lipinski definition) is 7. The van der Waals surface area contributed by atoms with Crippen molar-refractivity contribution in [3.8, 4) is 11.6 Å². The van der Waals surface area contributed by atoms with Gasteiger partial charge >= 0.3 is 0 Å². The molecule has 1 aliphatic heterocycles. The normalized spacial score (nSPS) is 16.7. The van der Waals surface area contributed by atoms with Gasteiger partial charge in [0.15, 0.2) is 0 Å². The van der Waals surface area contributed by atoms with E-state index in [2.05, 4.69) is 20.3 Å². The number of hydrogen-bond donors (Lipinski definition) is 0. The van der Waals surface area contributed by atoms with Crippen molar-refractivity contribution in [2.24, 2.45) is 0 Å². The molecule has 158 valence electrons. The van der Waals surface area contributed by atoms with Crippen LogP contribution in [0.3, 0.4) is 0 Å². The van der Waals surface area contributed by atoms with Crippen molar-refractivity contribution in [3.05, 3.63) is 59.4 Å². The van der Waals surface area contributed by atoms with Crippen LogP contribution in [0.1, 0.15) is 59.9 Å². The van der Waals surface area contributed by atoms with E-state index >= 15 is 0 Å². The molecule has 8 heteroatoms. The van der Waals surface area contributed by atoms with Crippen molar-refractivity contribution in [2.75, 3.05) is 6.54 Å². The van der Waals surface area contributed by atoms with Crippen LogP contribution in [0, 0.1) is 6.92 Å². The fraction of sp³-hybridized carbons (Fsp3) is 0.348. The van der Waals surface area contributed by atoms with Crippen LogP contribution in [0.2, 0.25) is 0 Å². The number of likely N-dealkylation sites (tertiary alicyclic amines) is 1. The summed E-state index contributed by atoms with van der Waals surface area (Å²) in [6.45, 7) is 4.37. The van der Waals surface area contributed by atoms with Crippen LogP contribution in [-0.2, 0) is 6.42 Å². The number of benzene rings is 1. The number of aromatic nitrogens is 4. The molecule has 1 atom stereocenters. The molecule has 1 saturated heterocycles. The van der Waals surface area contributed by atoms with Crippen LogP contribution in [-0.4, -0.2) is 37.7 Å². The van der Waals surface area contributed by atoms with E-state index in [1.54, 1.807) is 13.1 Å². The molecule has 0 spiro atoms. The second kappa shape index (κ2) is 7.94. The average molecular weight is 417 g/mol. The minimum atomic E-state index is -0.281. The highest BCUT2D eigenvalue weighted by Gasteiger charge is 2.35. The Kier molecular flexibility index (Phi) is 4.97. The molecule has 5 rings (SSSR count). The van der Waals surface area contributed by atoms with Crippen molar-refractivity contribution in [2.45, 2.75) is 45.6 Å². The Morgan fingerprint density at radius 2 is 2.06 bits per heavy atom. The molecule has 1 fully saturated rings. The third-order valence-electron chi connectivity index (χ3n) is 5.83. The molecule has 4 aromatic rings. The molecular formula is C23H23N5O3. The number of aryl methyl sites for hydroxylation is 2. The second-order valence-corrected chi connectivity index (χ2v) is 7.76. The molecular weight excluding hydrogens is 394 g/mol. The zero-order valence-electron chi connectivity index (χ0n) is 17.5. The summed E-state index contributed by atoms with van der Waals surface area (Å²) in [5.41, 5.74) is 1.80. The van der Waals surface area contributed by atoms with Crippen LogP contribution < -0.4 is 0 Å². The van der Waals surface area contributed by atoms with Crippen molar-refractivity contribution in [1.82, 2.24) is 25.2 Å². The van der Waals surface area contributed by atoms with Gasteiger partial charge in [-0.05, 0) is 37.6 Å². The lowest BCUT2D eigenvalue weighted by Gasteiger charge is -2.33. The van der Waals surface area contributed by atoms with Gasteiger partial charge in [-0.15, -0.1) is 10.2 Å². The van der Waals surface area contributed by atoms with Crippen molar-refractivity contribution < 1.29 is 13.7 Å². The molecule has 0 aliphatic carbocycles. The Morgan fingerprint density at radius 3 is 2.94 bits per heavy atom. The lowest BCUT2D eigenvalue weighted by Crippen LogP contribution is -2.39. The summed E-state index contributed by atoms with van der Waals surface area (Å²) >= 11 is 0. The van der Waals surface area contributed by atoms with E-state index in [0.717, 1.165) is 30.0 Å². The van der Waals surface area contributed by atoms with Gasteiger partial charge in [-0.2, -0.15) is 0 Å². The fourth-order valence-corrected chi connectivity index (χ4v) is 4.26. The lowest BCUT2D eigenvalue weighted by molar-refractivity contribution is 0.0569. The molecule has 1 aromatic carbocycles. The highest BCUT2D eigenvalue weighted by molar-refractivity contribution is 5.96. The summed E-state index contributed by atoms with van der Waals surface area (Å²) in [7, 11) is 0. The monoisotopic (exact) mass is 417 g/mol. The number of rotatable bonds is 4. The van der Waals surface area contributed by atoms with Gasteiger partial charge in [0.1, 0.15) is 23.1 Å². The van der Waals surface area contributed by atoms with Gasteiger partial charge in [0.2, 0.25) is 5.89 Å². The zero-order valence-corrected chi connectivity index (χ0v) is 17.5. The predicted octanol–water partition coefficient (Wildman–Crippen LogP) is 4.51. The highest BCUT2D eigenvalue weighted by atomic mass is 16.5. The van der Waals surface area contributed by atoms with E-state index < -0.39 is 0 Å².